The molecule has 4 aromatic carbocycles. The second kappa shape index (κ2) is 14.0. The lowest BCUT2D eigenvalue weighted by molar-refractivity contribution is -0.123. The largest absolute Gasteiger partial charge is 0.490 e. The number of hydrogen-bond donors (Lipinski definition) is 2. The van der Waals surface area contributed by atoms with E-state index in [0.29, 0.717) is 40.9 Å². The van der Waals surface area contributed by atoms with Crippen molar-refractivity contribution in [3.8, 4) is 11.5 Å². The van der Waals surface area contributed by atoms with E-state index in [9.17, 15) is 9.59 Å². The zero-order chi connectivity index (χ0) is 29.4. The summed E-state index contributed by atoms with van der Waals surface area (Å²) in [6, 6.07) is 23.5. The fraction of sp³-hybridized carbons (Fsp3) is 0.219. The van der Waals surface area contributed by atoms with E-state index in [-0.39, 0.29) is 10.9 Å². The molecule has 0 spiro atoms. The van der Waals surface area contributed by atoms with E-state index in [4.69, 9.17) is 32.7 Å². The molecule has 0 bridgehead atoms. The van der Waals surface area contributed by atoms with Crippen molar-refractivity contribution in [2.24, 2.45) is 11.0 Å². The minimum Gasteiger partial charge on any atom is -0.490 e. The highest BCUT2D eigenvalue weighted by Gasteiger charge is 2.24. The van der Waals surface area contributed by atoms with E-state index in [2.05, 4.69) is 34.0 Å². The molecule has 0 saturated heterocycles. The molecule has 0 radical (unpaired) electrons. The van der Waals surface area contributed by atoms with Crippen molar-refractivity contribution in [1.29, 1.82) is 0 Å². The third-order valence-electron chi connectivity index (χ3n) is 6.34. The zero-order valence-electron chi connectivity index (χ0n) is 23.0. The van der Waals surface area contributed by atoms with Gasteiger partial charge in [-0.1, -0.05) is 79.5 Å². The van der Waals surface area contributed by atoms with Crippen molar-refractivity contribution in [3.05, 3.63) is 106 Å². The van der Waals surface area contributed by atoms with E-state index in [1.807, 2.05) is 57.2 Å². The van der Waals surface area contributed by atoms with Crippen LogP contribution < -0.4 is 20.2 Å². The Morgan fingerprint density at radius 2 is 1.68 bits per heavy atom. The molecule has 0 fully saturated rings. The maximum absolute atomic E-state index is 12.9. The average Bonchev–Trinajstić information content (AvgIpc) is 2.96. The lowest BCUT2D eigenvalue weighted by Crippen LogP contribution is -2.48. The molecular formula is C32H31Cl2N3O4. The molecule has 41 heavy (non-hydrogen) atoms. The van der Waals surface area contributed by atoms with Gasteiger partial charge < -0.3 is 14.8 Å². The summed E-state index contributed by atoms with van der Waals surface area (Å²) in [5.41, 5.74) is 4.59. The van der Waals surface area contributed by atoms with Crippen LogP contribution in [0.15, 0.2) is 84.0 Å². The van der Waals surface area contributed by atoms with Crippen LogP contribution in [-0.4, -0.2) is 30.7 Å². The minimum atomic E-state index is -0.821. The highest BCUT2D eigenvalue weighted by molar-refractivity contribution is 6.42. The Balaban J connectivity index is 1.41. The van der Waals surface area contributed by atoms with Crippen molar-refractivity contribution in [2.75, 3.05) is 6.61 Å². The molecule has 2 N–H and O–H groups in total. The summed E-state index contributed by atoms with van der Waals surface area (Å²) in [6.45, 7) is 6.39. The van der Waals surface area contributed by atoms with Crippen molar-refractivity contribution >= 4 is 52.0 Å². The summed E-state index contributed by atoms with van der Waals surface area (Å²) in [6.07, 6.45) is 1.51. The molecule has 1 atom stereocenters. The van der Waals surface area contributed by atoms with E-state index >= 15 is 0 Å². The Kier molecular flexibility index (Phi) is 10.2. The van der Waals surface area contributed by atoms with Crippen LogP contribution in [0.1, 0.15) is 42.3 Å². The molecule has 212 valence electrons. The van der Waals surface area contributed by atoms with Crippen LogP contribution in [0.4, 0.5) is 0 Å². The number of nitrogens with one attached hydrogen (secondary N) is 2. The van der Waals surface area contributed by atoms with Crippen LogP contribution in [0.3, 0.4) is 0 Å². The number of ether oxygens (including phenoxy) is 2. The summed E-state index contributed by atoms with van der Waals surface area (Å²) >= 11 is 12.0. The van der Waals surface area contributed by atoms with Gasteiger partial charge in [-0.05, 0) is 71.1 Å². The number of halogens is 2. The van der Waals surface area contributed by atoms with Crippen molar-refractivity contribution in [3.63, 3.8) is 0 Å². The van der Waals surface area contributed by atoms with Gasteiger partial charge in [-0.15, -0.1) is 0 Å². The van der Waals surface area contributed by atoms with Gasteiger partial charge in [0.15, 0.2) is 11.5 Å². The Morgan fingerprint density at radius 1 is 0.902 bits per heavy atom. The van der Waals surface area contributed by atoms with E-state index < -0.39 is 17.9 Å². The first-order valence-corrected chi connectivity index (χ1v) is 14.0. The number of benzene rings is 4. The third kappa shape index (κ3) is 7.78. The topological polar surface area (TPSA) is 89.0 Å². The summed E-state index contributed by atoms with van der Waals surface area (Å²) < 4.78 is 11.9. The lowest BCUT2D eigenvalue weighted by atomic mass is 10.0. The number of hydrazone groups is 1. The molecule has 0 aliphatic carbocycles. The highest BCUT2D eigenvalue weighted by Crippen LogP contribution is 2.30. The monoisotopic (exact) mass is 591 g/mol. The van der Waals surface area contributed by atoms with Gasteiger partial charge in [-0.25, -0.2) is 5.43 Å². The van der Waals surface area contributed by atoms with Gasteiger partial charge in [0.2, 0.25) is 0 Å². The molecule has 4 aromatic rings. The molecule has 0 aromatic heterocycles. The van der Waals surface area contributed by atoms with Gasteiger partial charge in [0.1, 0.15) is 12.6 Å². The molecule has 9 heteroatoms. The molecule has 0 heterocycles. The van der Waals surface area contributed by atoms with Gasteiger partial charge >= 0.3 is 0 Å². The number of amides is 2. The van der Waals surface area contributed by atoms with Crippen LogP contribution in [0, 0.1) is 5.92 Å². The van der Waals surface area contributed by atoms with Gasteiger partial charge in [0, 0.05) is 5.56 Å². The van der Waals surface area contributed by atoms with E-state index in [0.717, 1.165) is 16.3 Å². The van der Waals surface area contributed by atoms with E-state index in [1.165, 1.54) is 18.3 Å². The molecule has 0 aliphatic heterocycles. The molecule has 1 unspecified atom stereocenters. The summed E-state index contributed by atoms with van der Waals surface area (Å²) in [5.74, 6) is 0.0778. The first kappa shape index (κ1) is 29.9. The van der Waals surface area contributed by atoms with Crippen LogP contribution in [-0.2, 0) is 11.4 Å². The molecule has 0 saturated carbocycles. The number of hydrogen-bond acceptors (Lipinski definition) is 5. The summed E-state index contributed by atoms with van der Waals surface area (Å²) in [5, 5.41) is 9.72. The van der Waals surface area contributed by atoms with Gasteiger partial charge in [-0.3, -0.25) is 9.59 Å². The Hall–Kier alpha value is -4.07. The first-order chi connectivity index (χ1) is 19.8. The SMILES string of the molecule is CCOc1cc(C=NNC(=O)C(NC(=O)c2ccc(Cl)c(Cl)c2)C(C)C)ccc1OCc1cccc2ccccc12. The van der Waals surface area contributed by atoms with Gasteiger partial charge in [0.05, 0.1) is 22.9 Å². The standard InChI is InChI=1S/C32H31Cl2N3O4/c1-4-40-29-16-21(12-15-28(29)41-19-24-10-7-9-22-8-5-6-11-25(22)24)18-35-37-32(39)30(20(2)3)36-31(38)23-13-14-26(33)27(34)17-23/h5-18,20,30H,4,19H2,1-3H3,(H,36,38)(H,37,39). The summed E-state index contributed by atoms with van der Waals surface area (Å²) in [4.78, 5) is 25.6. The number of carbonyl (C=O) groups is 2. The maximum Gasteiger partial charge on any atom is 0.262 e. The highest BCUT2D eigenvalue weighted by atomic mass is 35.5. The predicted molar refractivity (Wildman–Crippen MR) is 164 cm³/mol. The van der Waals surface area contributed by atoms with Crippen molar-refractivity contribution in [2.45, 2.75) is 33.4 Å². The van der Waals surface area contributed by atoms with Crippen LogP contribution in [0.5, 0.6) is 11.5 Å². The Bertz CT molecular complexity index is 1570. The molecule has 4 rings (SSSR count). The fourth-order valence-electron chi connectivity index (χ4n) is 4.20. The lowest BCUT2D eigenvalue weighted by Gasteiger charge is -2.20. The van der Waals surface area contributed by atoms with Crippen LogP contribution >= 0.6 is 23.2 Å². The van der Waals surface area contributed by atoms with E-state index in [1.54, 1.807) is 12.1 Å². The Labute approximate surface area is 249 Å². The Morgan fingerprint density at radius 3 is 2.44 bits per heavy atom. The average molecular weight is 593 g/mol. The second-order valence-corrected chi connectivity index (χ2v) is 10.4. The molecule has 7 nitrogen and oxygen atoms in total. The van der Waals surface area contributed by atoms with Gasteiger partial charge in [-0.2, -0.15) is 5.10 Å². The van der Waals surface area contributed by atoms with Crippen molar-refractivity contribution < 1.29 is 19.1 Å². The molecule has 2 amide bonds. The minimum absolute atomic E-state index is 0.195. The zero-order valence-corrected chi connectivity index (χ0v) is 24.5. The quantitative estimate of drug-likeness (QED) is 0.145. The number of carbonyl (C=O) groups excluding carboxylic acids is 2. The van der Waals surface area contributed by atoms with Crippen LogP contribution in [0.2, 0.25) is 10.0 Å². The molecule has 0 aliphatic rings. The number of nitrogens with zero attached hydrogens (tertiary/aromatic N) is 1. The second-order valence-electron chi connectivity index (χ2n) is 9.62. The summed E-state index contributed by atoms with van der Waals surface area (Å²) in [7, 11) is 0. The maximum atomic E-state index is 12.9. The predicted octanol–water partition coefficient (Wildman–Crippen LogP) is 7.03. The smallest absolute Gasteiger partial charge is 0.262 e. The fourth-order valence-corrected chi connectivity index (χ4v) is 4.50. The third-order valence-corrected chi connectivity index (χ3v) is 7.08. The van der Waals surface area contributed by atoms with Crippen molar-refractivity contribution in [1.82, 2.24) is 10.7 Å². The van der Waals surface area contributed by atoms with Crippen LogP contribution in [0.25, 0.3) is 10.8 Å². The normalized spacial score (nSPS) is 12.0. The number of fused-ring (bicyclic) bond motifs is 1. The number of rotatable bonds is 11. The first-order valence-electron chi connectivity index (χ1n) is 13.2. The van der Waals surface area contributed by atoms with Gasteiger partial charge in [0.25, 0.3) is 11.8 Å². The molecular weight excluding hydrogens is 561 g/mol.